The summed E-state index contributed by atoms with van der Waals surface area (Å²) in [6.45, 7) is 0. The van der Waals surface area contributed by atoms with Gasteiger partial charge in [-0.05, 0) is 52.4 Å². The molecule has 130 valence electrons. The van der Waals surface area contributed by atoms with Gasteiger partial charge in [0.05, 0.1) is 23.3 Å². The van der Waals surface area contributed by atoms with E-state index < -0.39 is 0 Å². The number of anilines is 1. The maximum Gasteiger partial charge on any atom is 0.144 e. The Labute approximate surface area is 160 Å². The van der Waals surface area contributed by atoms with Crippen LogP contribution in [0.25, 0.3) is 0 Å². The lowest BCUT2D eigenvalue weighted by atomic mass is 9.74. The zero-order chi connectivity index (χ0) is 17.5. The third kappa shape index (κ3) is 2.72. The van der Waals surface area contributed by atoms with Crippen LogP contribution in [0.2, 0.25) is 0 Å². The fourth-order valence-corrected chi connectivity index (χ4v) is 5.58. The molecule has 0 amide bonds. The average Bonchev–Trinajstić information content (AvgIpc) is 3.33. The van der Waals surface area contributed by atoms with Crippen molar-refractivity contribution in [3.63, 3.8) is 0 Å². The van der Waals surface area contributed by atoms with E-state index in [2.05, 4.69) is 45.7 Å². The number of rotatable bonds is 2. The van der Waals surface area contributed by atoms with Crippen LogP contribution < -0.4 is 5.32 Å². The molecular weight excluding hydrogens is 360 g/mol. The van der Waals surface area contributed by atoms with Crippen molar-refractivity contribution in [1.82, 2.24) is 0 Å². The summed E-state index contributed by atoms with van der Waals surface area (Å²) >= 11 is 3.41. The van der Waals surface area contributed by atoms with E-state index in [4.69, 9.17) is 4.99 Å². The van der Waals surface area contributed by atoms with Crippen LogP contribution in [0.4, 0.5) is 11.4 Å². The summed E-state index contributed by atoms with van der Waals surface area (Å²) < 4.78 is 0. The standard InChI is InChI=1S/C21H18N2OS2/c24-18-11-14(19-6-3-8-26-19)10-17-20(18)21(13-7-9-25-12-13)23-16-5-2-1-4-15(16)22-17/h1-9,12,14,20-21,23H,10-11H2. The van der Waals surface area contributed by atoms with E-state index in [9.17, 15) is 4.79 Å². The minimum absolute atomic E-state index is 0.0413. The van der Waals surface area contributed by atoms with Crippen LogP contribution in [0.15, 0.2) is 63.6 Å². The molecule has 3 aromatic rings. The number of carbonyl (C=O) groups is 1. The van der Waals surface area contributed by atoms with E-state index in [0.29, 0.717) is 12.2 Å². The van der Waals surface area contributed by atoms with Crippen molar-refractivity contribution in [2.24, 2.45) is 10.9 Å². The van der Waals surface area contributed by atoms with Gasteiger partial charge in [0.15, 0.2) is 0 Å². The van der Waals surface area contributed by atoms with E-state index in [0.717, 1.165) is 23.5 Å². The molecule has 3 heterocycles. The van der Waals surface area contributed by atoms with Gasteiger partial charge in [-0.25, -0.2) is 0 Å². The molecule has 1 aliphatic carbocycles. The number of carbonyl (C=O) groups excluding carboxylic acids is 1. The zero-order valence-corrected chi connectivity index (χ0v) is 15.7. The highest BCUT2D eigenvalue weighted by molar-refractivity contribution is 7.10. The highest BCUT2D eigenvalue weighted by Gasteiger charge is 2.41. The Hall–Kier alpha value is -2.24. The Morgan fingerprint density at radius 3 is 2.77 bits per heavy atom. The van der Waals surface area contributed by atoms with Gasteiger partial charge < -0.3 is 5.32 Å². The Morgan fingerprint density at radius 2 is 1.96 bits per heavy atom. The lowest BCUT2D eigenvalue weighted by Gasteiger charge is -2.33. The number of nitrogens with zero attached hydrogens (tertiary/aromatic N) is 1. The molecule has 3 unspecified atom stereocenters. The normalized spacial score (nSPS) is 24.8. The van der Waals surface area contributed by atoms with Gasteiger partial charge in [0.1, 0.15) is 5.78 Å². The summed E-state index contributed by atoms with van der Waals surface area (Å²) in [6, 6.07) is 14.4. The maximum absolute atomic E-state index is 13.2. The first kappa shape index (κ1) is 16.0. The van der Waals surface area contributed by atoms with Crippen LogP contribution in [0, 0.1) is 5.92 Å². The molecule has 1 N–H and O–H groups in total. The van der Waals surface area contributed by atoms with E-state index in [-0.39, 0.29) is 17.9 Å². The van der Waals surface area contributed by atoms with Crippen molar-refractivity contribution in [3.8, 4) is 0 Å². The molecule has 0 radical (unpaired) electrons. The molecule has 2 aromatic heterocycles. The van der Waals surface area contributed by atoms with Crippen LogP contribution in [-0.4, -0.2) is 11.5 Å². The highest BCUT2D eigenvalue weighted by atomic mass is 32.1. The first-order chi connectivity index (χ1) is 12.8. The summed E-state index contributed by atoms with van der Waals surface area (Å²) in [6.07, 6.45) is 1.45. The van der Waals surface area contributed by atoms with Crippen LogP contribution in [0.5, 0.6) is 0 Å². The fraction of sp³-hybridized carbons (Fsp3) is 0.238. The lowest BCUT2D eigenvalue weighted by molar-refractivity contribution is -0.122. The second-order valence-electron chi connectivity index (χ2n) is 6.86. The third-order valence-electron chi connectivity index (χ3n) is 5.27. The number of nitrogens with one attached hydrogen (secondary N) is 1. The van der Waals surface area contributed by atoms with Gasteiger partial charge in [-0.15, -0.1) is 11.3 Å². The second kappa shape index (κ2) is 6.49. The van der Waals surface area contributed by atoms with Crippen molar-refractivity contribution in [3.05, 3.63) is 69.0 Å². The number of aliphatic imine (C=N–C) groups is 1. The van der Waals surface area contributed by atoms with Crippen molar-refractivity contribution in [2.45, 2.75) is 24.8 Å². The number of para-hydroxylation sites is 2. The molecule has 3 nitrogen and oxygen atoms in total. The molecule has 0 saturated heterocycles. The van der Waals surface area contributed by atoms with Crippen molar-refractivity contribution in [2.75, 3.05) is 5.32 Å². The molecule has 1 aromatic carbocycles. The van der Waals surface area contributed by atoms with Crippen LogP contribution >= 0.6 is 22.7 Å². The Kier molecular flexibility index (Phi) is 3.98. The number of ketones is 1. The molecule has 5 rings (SSSR count). The summed E-state index contributed by atoms with van der Waals surface area (Å²) in [7, 11) is 0. The molecule has 3 atom stereocenters. The Morgan fingerprint density at radius 1 is 1.04 bits per heavy atom. The van der Waals surface area contributed by atoms with Gasteiger partial charge in [-0.2, -0.15) is 11.3 Å². The molecular formula is C21H18N2OS2. The zero-order valence-electron chi connectivity index (χ0n) is 14.1. The molecule has 0 bridgehead atoms. The van der Waals surface area contributed by atoms with Gasteiger partial charge in [0.25, 0.3) is 0 Å². The van der Waals surface area contributed by atoms with Crippen LogP contribution in [0.1, 0.15) is 35.2 Å². The van der Waals surface area contributed by atoms with Gasteiger partial charge in [-0.3, -0.25) is 9.79 Å². The van der Waals surface area contributed by atoms with Crippen LogP contribution in [0.3, 0.4) is 0 Å². The summed E-state index contributed by atoms with van der Waals surface area (Å²) in [5, 5.41) is 9.92. The maximum atomic E-state index is 13.2. The number of thiophene rings is 2. The molecule has 2 aliphatic rings. The molecule has 1 fully saturated rings. The fourth-order valence-electron chi connectivity index (χ4n) is 4.05. The Balaban J connectivity index is 1.61. The largest absolute Gasteiger partial charge is 0.375 e. The number of hydrogen-bond donors (Lipinski definition) is 1. The van der Waals surface area contributed by atoms with Crippen LogP contribution in [-0.2, 0) is 4.79 Å². The molecule has 1 saturated carbocycles. The average molecular weight is 379 g/mol. The quantitative estimate of drug-likeness (QED) is 0.611. The first-order valence-electron chi connectivity index (χ1n) is 8.81. The van der Waals surface area contributed by atoms with E-state index >= 15 is 0 Å². The van der Waals surface area contributed by atoms with Gasteiger partial charge in [-0.1, -0.05) is 18.2 Å². The SMILES string of the molecule is O=C1CC(c2cccs2)CC2=Nc3ccccc3NC(c3ccsc3)C12. The lowest BCUT2D eigenvalue weighted by Crippen LogP contribution is -2.38. The minimum atomic E-state index is -0.187. The molecule has 26 heavy (non-hydrogen) atoms. The predicted octanol–water partition coefficient (Wildman–Crippen LogP) is 5.81. The van der Waals surface area contributed by atoms with E-state index in [1.165, 1.54) is 10.4 Å². The smallest absolute Gasteiger partial charge is 0.144 e. The summed E-state index contributed by atoms with van der Waals surface area (Å²) in [4.78, 5) is 19.5. The number of fused-ring (bicyclic) bond motifs is 2. The summed E-state index contributed by atoms with van der Waals surface area (Å²) in [5.41, 5.74) is 4.14. The van der Waals surface area contributed by atoms with Crippen molar-refractivity contribution < 1.29 is 4.79 Å². The molecule has 0 spiro atoms. The van der Waals surface area contributed by atoms with E-state index in [1.807, 2.05) is 18.2 Å². The number of Topliss-reactive ketones (excluding diaryl/α,β-unsaturated/α-hetero) is 1. The summed E-state index contributed by atoms with van der Waals surface area (Å²) in [5.74, 6) is 0.365. The third-order valence-corrected chi connectivity index (χ3v) is 7.01. The van der Waals surface area contributed by atoms with Crippen molar-refractivity contribution >= 4 is 45.5 Å². The monoisotopic (exact) mass is 378 g/mol. The van der Waals surface area contributed by atoms with E-state index in [1.54, 1.807) is 22.7 Å². The van der Waals surface area contributed by atoms with Gasteiger partial charge >= 0.3 is 0 Å². The number of benzene rings is 1. The van der Waals surface area contributed by atoms with Gasteiger partial charge in [0.2, 0.25) is 0 Å². The number of hydrogen-bond acceptors (Lipinski definition) is 5. The molecule has 1 aliphatic heterocycles. The highest BCUT2D eigenvalue weighted by Crippen LogP contribution is 2.44. The minimum Gasteiger partial charge on any atom is -0.375 e. The topological polar surface area (TPSA) is 41.5 Å². The first-order valence-corrected chi connectivity index (χ1v) is 10.6. The second-order valence-corrected chi connectivity index (χ2v) is 8.62. The van der Waals surface area contributed by atoms with Crippen molar-refractivity contribution in [1.29, 1.82) is 0 Å². The van der Waals surface area contributed by atoms with Gasteiger partial charge in [0, 0.05) is 22.9 Å². The predicted molar refractivity (Wildman–Crippen MR) is 109 cm³/mol. The molecule has 5 heteroatoms. The Bertz CT molecular complexity index is 960.